The molecule has 1 fully saturated rings. The van der Waals surface area contributed by atoms with Crippen LogP contribution in [-0.4, -0.2) is 70.8 Å². The van der Waals surface area contributed by atoms with Gasteiger partial charge in [0.1, 0.15) is 5.82 Å². The van der Waals surface area contributed by atoms with Crippen LogP contribution in [0.1, 0.15) is 43.7 Å². The largest absolute Gasteiger partial charge is 0.351 e. The second-order valence-corrected chi connectivity index (χ2v) is 10.4. The van der Waals surface area contributed by atoms with Crippen molar-refractivity contribution >= 4 is 35.1 Å². The lowest BCUT2D eigenvalue weighted by atomic mass is 9.93. The summed E-state index contributed by atoms with van der Waals surface area (Å²) in [6.45, 7) is 6.94. The molecule has 2 N–H and O–H groups in total. The Bertz CT molecular complexity index is 1010. The van der Waals surface area contributed by atoms with Crippen LogP contribution in [0, 0.1) is 5.82 Å². The Morgan fingerprint density at radius 3 is 2.36 bits per heavy atom. The molecule has 2 aromatic rings. The van der Waals surface area contributed by atoms with Gasteiger partial charge in [-0.2, -0.15) is 0 Å². The number of hydrogen-bond acceptors (Lipinski definition) is 3. The number of benzene rings is 2. The first-order valence-corrected chi connectivity index (χ1v) is 13.2. The number of carbonyl (C=O) groups excluding carboxylic acids is 2. The van der Waals surface area contributed by atoms with Crippen LogP contribution in [0.25, 0.3) is 0 Å². The smallest absolute Gasteiger partial charge is 0.314 e. The fourth-order valence-corrected chi connectivity index (χ4v) is 4.99. The maximum absolute atomic E-state index is 13.6. The predicted molar refractivity (Wildman–Crippen MR) is 143 cm³/mol. The zero-order valence-corrected chi connectivity index (χ0v) is 22.4. The Hall–Kier alpha value is -2.35. The lowest BCUT2D eigenvalue weighted by Gasteiger charge is -2.44. The van der Waals surface area contributed by atoms with E-state index in [-0.39, 0.29) is 36.1 Å². The van der Waals surface area contributed by atoms with Gasteiger partial charge in [0.15, 0.2) is 0 Å². The summed E-state index contributed by atoms with van der Waals surface area (Å²) in [5, 5.41) is 0.609. The molecule has 0 saturated carbocycles. The van der Waals surface area contributed by atoms with Crippen molar-refractivity contribution in [2.24, 2.45) is 5.73 Å². The van der Waals surface area contributed by atoms with Gasteiger partial charge in [0.05, 0.1) is 0 Å². The number of urea groups is 1. The minimum Gasteiger partial charge on any atom is -0.351 e. The Kier molecular flexibility index (Phi) is 10.4. The van der Waals surface area contributed by atoms with Crippen molar-refractivity contribution in [3.05, 3.63) is 70.5 Å². The summed E-state index contributed by atoms with van der Waals surface area (Å²) in [5.41, 5.74) is 7.60. The third-order valence-electron chi connectivity index (χ3n) is 6.81. The number of carbonyl (C=O) groups is 2. The maximum atomic E-state index is 13.6. The summed E-state index contributed by atoms with van der Waals surface area (Å²) in [4.78, 5) is 31.4. The Labute approximate surface area is 223 Å². The Morgan fingerprint density at radius 1 is 1.08 bits per heavy atom. The molecule has 3 atom stereocenters. The van der Waals surface area contributed by atoms with Gasteiger partial charge in [0.25, 0.3) is 0 Å². The van der Waals surface area contributed by atoms with E-state index >= 15 is 0 Å². The average molecular weight is 538 g/mol. The van der Waals surface area contributed by atoms with Crippen molar-refractivity contribution in [1.82, 2.24) is 14.7 Å². The molecule has 1 aliphatic heterocycles. The zero-order valence-electron chi connectivity index (χ0n) is 20.9. The number of amides is 3. The lowest BCUT2D eigenvalue weighted by molar-refractivity contribution is -0.137. The number of nitrogens with two attached hydrogens (primary N) is 1. The van der Waals surface area contributed by atoms with Gasteiger partial charge < -0.3 is 15.5 Å². The fourth-order valence-electron chi connectivity index (χ4n) is 4.75. The van der Waals surface area contributed by atoms with Crippen LogP contribution in [0.5, 0.6) is 0 Å². The number of rotatable bonds is 10. The van der Waals surface area contributed by atoms with Crippen LogP contribution >= 0.6 is 23.2 Å². The van der Waals surface area contributed by atoms with Crippen molar-refractivity contribution in [3.8, 4) is 0 Å². The molecule has 1 unspecified atom stereocenters. The van der Waals surface area contributed by atoms with Crippen LogP contribution in [0.4, 0.5) is 9.18 Å². The molecule has 9 heteroatoms. The molecular weight excluding hydrogens is 502 g/mol. The Morgan fingerprint density at radius 2 is 1.75 bits per heavy atom. The summed E-state index contributed by atoms with van der Waals surface area (Å²) in [5.74, 6) is -0.00966. The van der Waals surface area contributed by atoms with E-state index in [1.54, 1.807) is 29.2 Å². The number of hydrogen-bond donors (Lipinski definition) is 1. The van der Waals surface area contributed by atoms with E-state index in [0.29, 0.717) is 43.5 Å². The number of halogens is 3. The van der Waals surface area contributed by atoms with Gasteiger partial charge in [-0.1, -0.05) is 35.9 Å². The summed E-state index contributed by atoms with van der Waals surface area (Å²) in [6, 6.07) is 13.6. The summed E-state index contributed by atoms with van der Waals surface area (Å²) in [7, 11) is 0. The summed E-state index contributed by atoms with van der Waals surface area (Å²) >= 11 is 11.9. The highest BCUT2D eigenvalue weighted by Crippen LogP contribution is 2.26. The van der Waals surface area contributed by atoms with Crippen LogP contribution in [0.3, 0.4) is 0 Å². The molecule has 2 aromatic carbocycles. The van der Waals surface area contributed by atoms with Crippen LogP contribution in [0.15, 0.2) is 48.5 Å². The molecule has 36 heavy (non-hydrogen) atoms. The molecule has 0 aromatic heterocycles. The van der Waals surface area contributed by atoms with Gasteiger partial charge in [-0.25, -0.2) is 9.18 Å². The third kappa shape index (κ3) is 7.82. The van der Waals surface area contributed by atoms with Gasteiger partial charge in [-0.05, 0) is 55.7 Å². The molecule has 0 aliphatic carbocycles. The predicted octanol–water partition coefficient (Wildman–Crippen LogP) is 5.08. The lowest BCUT2D eigenvalue weighted by Crippen LogP contribution is -2.57. The number of piperazine rings is 1. The van der Waals surface area contributed by atoms with E-state index in [1.807, 2.05) is 17.0 Å². The van der Waals surface area contributed by atoms with Gasteiger partial charge in [0.2, 0.25) is 5.91 Å². The van der Waals surface area contributed by atoms with E-state index < -0.39 is 6.03 Å². The van der Waals surface area contributed by atoms with Crippen LogP contribution in [-0.2, 0) is 11.3 Å². The SMILES string of the molecule is C[C@@H]1CN(Cc2ccc(F)cc2)[C@@H](C)CN1C(=O)CC(CN(CCCCl)C(N)=O)c1ccc(Cl)cc1. The van der Waals surface area contributed by atoms with E-state index in [9.17, 15) is 14.0 Å². The Balaban J connectivity index is 1.70. The van der Waals surface area contributed by atoms with Crippen molar-refractivity contribution in [1.29, 1.82) is 0 Å². The fraction of sp³-hybridized carbons (Fsp3) is 0.481. The molecule has 1 heterocycles. The number of alkyl halides is 1. The van der Waals surface area contributed by atoms with Crippen molar-refractivity contribution in [2.45, 2.75) is 51.2 Å². The van der Waals surface area contributed by atoms with Crippen molar-refractivity contribution in [2.75, 3.05) is 32.1 Å². The van der Waals surface area contributed by atoms with E-state index in [1.165, 1.54) is 12.1 Å². The first kappa shape index (κ1) is 28.2. The molecule has 196 valence electrons. The maximum Gasteiger partial charge on any atom is 0.314 e. The average Bonchev–Trinajstić information content (AvgIpc) is 2.84. The molecule has 1 aliphatic rings. The topological polar surface area (TPSA) is 69.9 Å². The molecular formula is C27H35Cl2FN4O2. The van der Waals surface area contributed by atoms with Gasteiger partial charge in [-0.3, -0.25) is 9.69 Å². The van der Waals surface area contributed by atoms with Crippen molar-refractivity contribution < 1.29 is 14.0 Å². The highest BCUT2D eigenvalue weighted by atomic mass is 35.5. The van der Waals surface area contributed by atoms with Gasteiger partial charge in [-0.15, -0.1) is 11.6 Å². The second kappa shape index (κ2) is 13.3. The van der Waals surface area contributed by atoms with Gasteiger partial charge in [0, 0.05) is 68.0 Å². The summed E-state index contributed by atoms with van der Waals surface area (Å²) < 4.78 is 13.3. The van der Waals surface area contributed by atoms with Gasteiger partial charge >= 0.3 is 6.03 Å². The molecule has 3 rings (SSSR count). The molecule has 0 spiro atoms. The molecule has 0 radical (unpaired) electrons. The minimum absolute atomic E-state index is 0.0171. The number of primary amides is 1. The minimum atomic E-state index is -0.525. The molecule has 1 saturated heterocycles. The molecule has 3 amide bonds. The number of nitrogens with zero attached hydrogens (tertiary/aromatic N) is 3. The quantitative estimate of drug-likeness (QED) is 0.430. The normalized spacial score (nSPS) is 19.2. The van der Waals surface area contributed by atoms with Crippen molar-refractivity contribution in [3.63, 3.8) is 0 Å². The van der Waals surface area contributed by atoms with E-state index in [2.05, 4.69) is 18.7 Å². The highest BCUT2D eigenvalue weighted by molar-refractivity contribution is 6.30. The van der Waals surface area contributed by atoms with E-state index in [4.69, 9.17) is 28.9 Å². The highest BCUT2D eigenvalue weighted by Gasteiger charge is 2.33. The standard InChI is InChI=1S/C27H35Cl2FN4O2/c1-19-16-34(20(2)15-33(19)17-21-4-10-25(30)11-5-21)26(35)14-23(22-6-8-24(29)9-7-22)18-32(27(31)36)13-3-12-28/h4-11,19-20,23H,3,12-18H2,1-2H3,(H2,31,36)/t19-,20+,23?/m0/s1. The first-order valence-electron chi connectivity index (χ1n) is 12.3. The van der Waals surface area contributed by atoms with Crippen LogP contribution < -0.4 is 5.73 Å². The second-order valence-electron chi connectivity index (χ2n) is 9.58. The van der Waals surface area contributed by atoms with Crippen LogP contribution in [0.2, 0.25) is 5.02 Å². The first-order chi connectivity index (χ1) is 17.2. The monoisotopic (exact) mass is 536 g/mol. The third-order valence-corrected chi connectivity index (χ3v) is 7.33. The zero-order chi connectivity index (χ0) is 26.2. The molecule has 6 nitrogen and oxygen atoms in total. The van der Waals surface area contributed by atoms with E-state index in [0.717, 1.165) is 17.7 Å². The molecule has 0 bridgehead atoms. The summed E-state index contributed by atoms with van der Waals surface area (Å²) in [6.07, 6.45) is 0.873.